The average Bonchev–Trinajstić information content (AvgIpc) is 3.20. The van der Waals surface area contributed by atoms with Crippen molar-refractivity contribution in [2.75, 3.05) is 11.9 Å². The summed E-state index contributed by atoms with van der Waals surface area (Å²) < 4.78 is 16.1. The maximum absolute atomic E-state index is 14.3. The molecular formula is C22H18FN5. The molecule has 0 N–H and O–H groups in total. The Morgan fingerprint density at radius 3 is 2.75 bits per heavy atom. The van der Waals surface area contributed by atoms with Gasteiger partial charge in [0, 0.05) is 23.7 Å². The van der Waals surface area contributed by atoms with Gasteiger partial charge in [-0.25, -0.2) is 4.39 Å². The molecule has 0 aliphatic heterocycles. The number of hydrogen-bond acceptors (Lipinski definition) is 4. The lowest BCUT2D eigenvalue weighted by molar-refractivity contribution is 0.631. The zero-order valence-electron chi connectivity index (χ0n) is 15.4. The van der Waals surface area contributed by atoms with Crippen molar-refractivity contribution in [2.24, 2.45) is 0 Å². The van der Waals surface area contributed by atoms with Crippen LogP contribution in [0.1, 0.15) is 0 Å². The Bertz CT molecular complexity index is 1240. The van der Waals surface area contributed by atoms with Crippen LogP contribution in [0.2, 0.25) is 0 Å². The van der Waals surface area contributed by atoms with Gasteiger partial charge in [0.05, 0.1) is 5.52 Å². The van der Waals surface area contributed by atoms with Gasteiger partial charge in [-0.2, -0.15) is 4.98 Å². The lowest BCUT2D eigenvalue weighted by Crippen LogP contribution is -2.17. The highest BCUT2D eigenvalue weighted by atomic mass is 19.1. The van der Waals surface area contributed by atoms with Crippen LogP contribution in [0.25, 0.3) is 27.8 Å². The topological polar surface area (TPSA) is 46.3 Å². The summed E-state index contributed by atoms with van der Waals surface area (Å²) in [4.78, 5) is 6.56. The first-order valence-electron chi connectivity index (χ1n) is 8.71. The molecule has 138 valence electrons. The average molecular weight is 371 g/mol. The molecule has 4 aromatic rings. The number of anilines is 1. The molecule has 0 saturated carbocycles. The number of aromatic nitrogens is 4. The minimum atomic E-state index is -0.267. The Morgan fingerprint density at radius 1 is 1.18 bits per heavy atom. The van der Waals surface area contributed by atoms with E-state index in [4.69, 9.17) is 0 Å². The number of hydrogen-bond donors (Lipinski definition) is 0. The van der Waals surface area contributed by atoms with Gasteiger partial charge in [0.1, 0.15) is 18.0 Å². The molecule has 2 aromatic carbocycles. The van der Waals surface area contributed by atoms with Gasteiger partial charge in [-0.15, -0.1) is 10.2 Å². The number of likely N-dealkylation sites (N-methyl/N-ethyl adjacent to an activating group) is 1. The minimum absolute atomic E-state index is 0.267. The van der Waals surface area contributed by atoms with E-state index in [2.05, 4.69) is 28.3 Å². The van der Waals surface area contributed by atoms with Gasteiger partial charge in [-0.1, -0.05) is 43.5 Å². The molecule has 6 heteroatoms. The second-order valence-corrected chi connectivity index (χ2v) is 6.24. The molecule has 2 heterocycles. The Morgan fingerprint density at radius 2 is 2.00 bits per heavy atom. The number of rotatable bonds is 5. The summed E-state index contributed by atoms with van der Waals surface area (Å²) >= 11 is 0. The van der Waals surface area contributed by atoms with Crippen LogP contribution >= 0.6 is 0 Å². The van der Waals surface area contributed by atoms with Crippen LogP contribution in [0.5, 0.6) is 0 Å². The fraction of sp³-hybridized carbons (Fsp3) is 0.0455. The van der Waals surface area contributed by atoms with Gasteiger partial charge >= 0.3 is 0 Å². The molecule has 0 spiro atoms. The van der Waals surface area contributed by atoms with E-state index in [9.17, 15) is 4.39 Å². The molecule has 28 heavy (non-hydrogen) atoms. The highest BCUT2D eigenvalue weighted by Crippen LogP contribution is 2.32. The van der Waals surface area contributed by atoms with Crippen LogP contribution in [-0.4, -0.2) is 26.6 Å². The highest BCUT2D eigenvalue weighted by Gasteiger charge is 2.16. The van der Waals surface area contributed by atoms with E-state index in [1.54, 1.807) is 35.0 Å². The van der Waals surface area contributed by atoms with Crippen LogP contribution < -0.4 is 4.90 Å². The van der Waals surface area contributed by atoms with E-state index in [0.717, 1.165) is 22.2 Å². The summed E-state index contributed by atoms with van der Waals surface area (Å²) in [5.41, 5.74) is 2.98. The summed E-state index contributed by atoms with van der Waals surface area (Å²) in [5, 5.41) is 8.96. The van der Waals surface area contributed by atoms with Crippen molar-refractivity contribution in [3.05, 3.63) is 91.7 Å². The zero-order valence-corrected chi connectivity index (χ0v) is 15.4. The SMILES string of the molecule is C=C/C=C(\C=C)N(C)c1nc2nncn2c2cc(-c3ccccc3F)ccc12. The molecule has 0 saturated heterocycles. The fourth-order valence-electron chi connectivity index (χ4n) is 3.23. The standard InChI is InChI=1S/C22H18FN5/c1-4-8-16(5-2)27(3)21-18-12-11-15(17-9-6-7-10-19(17)23)13-20(18)28-14-24-26-22(28)25-21/h4-14H,1-2H2,3H3/b16-8+. The molecule has 0 amide bonds. The molecule has 0 atom stereocenters. The Kier molecular flexibility index (Phi) is 4.45. The fourth-order valence-corrected chi connectivity index (χ4v) is 3.23. The van der Waals surface area contributed by atoms with Gasteiger partial charge in [0.2, 0.25) is 0 Å². The molecule has 0 aliphatic rings. The van der Waals surface area contributed by atoms with E-state index in [1.165, 1.54) is 6.07 Å². The first-order valence-corrected chi connectivity index (χ1v) is 8.71. The largest absolute Gasteiger partial charge is 0.329 e. The predicted molar refractivity (Wildman–Crippen MR) is 111 cm³/mol. The normalized spacial score (nSPS) is 11.7. The monoisotopic (exact) mass is 371 g/mol. The molecule has 5 nitrogen and oxygen atoms in total. The number of nitrogens with zero attached hydrogens (tertiary/aromatic N) is 5. The van der Waals surface area contributed by atoms with E-state index >= 15 is 0 Å². The molecule has 0 radical (unpaired) electrons. The third kappa shape index (κ3) is 2.85. The van der Waals surface area contributed by atoms with Crippen LogP contribution in [0, 0.1) is 5.82 Å². The van der Waals surface area contributed by atoms with Gasteiger partial charge in [-0.05, 0) is 35.9 Å². The van der Waals surface area contributed by atoms with Crippen molar-refractivity contribution >= 4 is 22.5 Å². The molecule has 2 aromatic heterocycles. The van der Waals surface area contributed by atoms with Crippen molar-refractivity contribution in [3.8, 4) is 11.1 Å². The predicted octanol–water partition coefficient (Wildman–Crippen LogP) is 4.78. The third-order valence-electron chi connectivity index (χ3n) is 4.62. The summed E-state index contributed by atoms with van der Waals surface area (Å²) in [6.45, 7) is 7.61. The van der Waals surface area contributed by atoms with E-state index in [-0.39, 0.29) is 5.82 Å². The molecule has 0 unspecified atom stereocenters. The van der Waals surface area contributed by atoms with Crippen LogP contribution in [-0.2, 0) is 0 Å². The van der Waals surface area contributed by atoms with Gasteiger partial charge in [-0.3, -0.25) is 4.40 Å². The maximum Gasteiger partial charge on any atom is 0.257 e. The summed E-state index contributed by atoms with van der Waals surface area (Å²) in [7, 11) is 1.90. The molecule has 0 bridgehead atoms. The number of benzene rings is 2. The van der Waals surface area contributed by atoms with Gasteiger partial charge in [0.15, 0.2) is 0 Å². The maximum atomic E-state index is 14.3. The van der Waals surface area contributed by atoms with Crippen LogP contribution in [0.15, 0.2) is 85.9 Å². The van der Waals surface area contributed by atoms with Crippen molar-refractivity contribution in [2.45, 2.75) is 0 Å². The Hall–Kier alpha value is -3.80. The van der Waals surface area contributed by atoms with Crippen molar-refractivity contribution in [1.82, 2.24) is 19.6 Å². The van der Waals surface area contributed by atoms with Gasteiger partial charge in [0.25, 0.3) is 5.78 Å². The second-order valence-electron chi connectivity index (χ2n) is 6.24. The molecular weight excluding hydrogens is 353 g/mol. The van der Waals surface area contributed by atoms with Crippen LogP contribution in [0.3, 0.4) is 0 Å². The quantitative estimate of drug-likeness (QED) is 0.474. The van der Waals surface area contributed by atoms with Crippen molar-refractivity contribution < 1.29 is 4.39 Å². The number of fused-ring (bicyclic) bond motifs is 3. The lowest BCUT2D eigenvalue weighted by atomic mass is 10.0. The van der Waals surface area contributed by atoms with Gasteiger partial charge < -0.3 is 4.90 Å². The molecule has 4 rings (SSSR count). The summed E-state index contributed by atoms with van der Waals surface area (Å²) in [5.74, 6) is 0.891. The second kappa shape index (κ2) is 7.08. The van der Waals surface area contributed by atoms with Crippen molar-refractivity contribution in [1.29, 1.82) is 0 Å². The Labute approximate surface area is 161 Å². The zero-order chi connectivity index (χ0) is 19.7. The highest BCUT2D eigenvalue weighted by molar-refractivity contribution is 5.95. The lowest BCUT2D eigenvalue weighted by Gasteiger charge is -2.21. The third-order valence-corrected chi connectivity index (χ3v) is 4.62. The van der Waals surface area contributed by atoms with E-state index in [1.807, 2.05) is 42.3 Å². The van der Waals surface area contributed by atoms with E-state index in [0.29, 0.717) is 17.2 Å². The molecule has 0 fully saturated rings. The smallest absolute Gasteiger partial charge is 0.257 e. The van der Waals surface area contributed by atoms with Crippen LogP contribution in [0.4, 0.5) is 10.2 Å². The molecule has 0 aliphatic carbocycles. The summed E-state index contributed by atoms with van der Waals surface area (Å²) in [6, 6.07) is 12.5. The minimum Gasteiger partial charge on any atom is -0.329 e. The Balaban J connectivity index is 2.00. The van der Waals surface area contributed by atoms with E-state index < -0.39 is 0 Å². The summed E-state index contributed by atoms with van der Waals surface area (Å²) in [6.07, 6.45) is 6.88. The first kappa shape index (κ1) is 17.6. The first-order chi connectivity index (χ1) is 13.6. The number of allylic oxidation sites excluding steroid dienone is 3. The number of halogens is 1. The van der Waals surface area contributed by atoms with Crippen molar-refractivity contribution in [3.63, 3.8) is 0 Å².